The highest BCUT2D eigenvalue weighted by molar-refractivity contribution is 7.92. The second-order valence-corrected chi connectivity index (χ2v) is 7.48. The lowest BCUT2D eigenvalue weighted by molar-refractivity contribution is -0.118. The molecule has 0 aromatic heterocycles. The van der Waals surface area contributed by atoms with Crippen LogP contribution in [0, 0.1) is 0 Å². The molecule has 0 bridgehead atoms. The fraction of sp³-hybridized carbons (Fsp3) is 0.211. The van der Waals surface area contributed by atoms with Crippen molar-refractivity contribution >= 4 is 27.7 Å². The van der Waals surface area contributed by atoms with Gasteiger partial charge in [-0.2, -0.15) is 0 Å². The lowest BCUT2D eigenvalue weighted by atomic mass is 10.2. The zero-order valence-corrected chi connectivity index (χ0v) is 14.6. The number of anilines is 1. The fourth-order valence-electron chi connectivity index (χ4n) is 2.81. The van der Waals surface area contributed by atoms with Crippen molar-refractivity contribution in [1.82, 2.24) is 4.72 Å². The van der Waals surface area contributed by atoms with E-state index in [1.807, 2.05) is 54.6 Å². The summed E-state index contributed by atoms with van der Waals surface area (Å²) in [5.41, 5.74) is 2.89. The van der Waals surface area contributed by atoms with Crippen LogP contribution in [0.4, 0.5) is 5.69 Å². The van der Waals surface area contributed by atoms with Gasteiger partial charge in [-0.3, -0.25) is 4.79 Å². The third-order valence-corrected chi connectivity index (χ3v) is 5.17. The van der Waals surface area contributed by atoms with Gasteiger partial charge in [0.1, 0.15) is 0 Å². The van der Waals surface area contributed by atoms with Crippen molar-refractivity contribution in [3.63, 3.8) is 0 Å². The zero-order chi connectivity index (χ0) is 17.7. The third kappa shape index (κ3) is 4.55. The standard InChI is InChI=1S/C19H20N2O3S/c22-19(21-14-11-17-8-4-5-9-18(17)21)10-13-20-25(23,24)15-12-16-6-2-1-3-7-16/h1-9,12,15,20H,10-11,13-14H2/b15-12+. The smallest absolute Gasteiger partial charge is 0.233 e. The average Bonchev–Trinajstić information content (AvgIpc) is 3.05. The lowest BCUT2D eigenvalue weighted by Gasteiger charge is -2.17. The molecule has 0 fully saturated rings. The van der Waals surface area contributed by atoms with Crippen LogP contribution in [-0.4, -0.2) is 27.4 Å². The minimum atomic E-state index is -3.56. The van der Waals surface area contributed by atoms with Gasteiger partial charge in [0, 0.05) is 30.6 Å². The summed E-state index contributed by atoms with van der Waals surface area (Å²) in [7, 11) is -3.56. The van der Waals surface area contributed by atoms with Crippen LogP contribution in [-0.2, 0) is 21.2 Å². The summed E-state index contributed by atoms with van der Waals surface area (Å²) < 4.78 is 26.4. The first-order valence-corrected chi connectivity index (χ1v) is 9.71. The van der Waals surface area contributed by atoms with E-state index in [4.69, 9.17) is 0 Å². The van der Waals surface area contributed by atoms with E-state index in [1.165, 1.54) is 6.08 Å². The van der Waals surface area contributed by atoms with Crippen LogP contribution < -0.4 is 9.62 Å². The van der Waals surface area contributed by atoms with E-state index in [0.29, 0.717) is 6.54 Å². The van der Waals surface area contributed by atoms with E-state index >= 15 is 0 Å². The Kier molecular flexibility index (Phi) is 5.31. The van der Waals surface area contributed by atoms with Crippen molar-refractivity contribution in [2.45, 2.75) is 12.8 Å². The van der Waals surface area contributed by atoms with Crippen molar-refractivity contribution in [2.75, 3.05) is 18.0 Å². The molecule has 0 aliphatic carbocycles. The third-order valence-electron chi connectivity index (χ3n) is 4.07. The summed E-state index contributed by atoms with van der Waals surface area (Å²) in [5, 5.41) is 1.12. The number of carbonyl (C=O) groups is 1. The highest BCUT2D eigenvalue weighted by Gasteiger charge is 2.23. The first-order chi connectivity index (χ1) is 12.1. The summed E-state index contributed by atoms with van der Waals surface area (Å²) in [6, 6.07) is 17.0. The minimum Gasteiger partial charge on any atom is -0.312 e. The molecule has 1 aliphatic rings. The van der Waals surface area contributed by atoms with Gasteiger partial charge in [-0.05, 0) is 29.7 Å². The Labute approximate surface area is 148 Å². The number of sulfonamides is 1. The number of rotatable bonds is 6. The van der Waals surface area contributed by atoms with E-state index in [9.17, 15) is 13.2 Å². The second kappa shape index (κ2) is 7.63. The normalized spacial score (nSPS) is 14.0. The summed E-state index contributed by atoms with van der Waals surface area (Å²) in [6.07, 6.45) is 2.50. The maximum Gasteiger partial charge on any atom is 0.233 e. The molecule has 6 heteroatoms. The Hall–Kier alpha value is -2.44. The van der Waals surface area contributed by atoms with Gasteiger partial charge in [0.15, 0.2) is 0 Å². The molecule has 1 N–H and O–H groups in total. The topological polar surface area (TPSA) is 66.5 Å². The highest BCUT2D eigenvalue weighted by Crippen LogP contribution is 2.27. The number of nitrogens with zero attached hydrogens (tertiary/aromatic N) is 1. The van der Waals surface area contributed by atoms with Crippen molar-refractivity contribution in [3.8, 4) is 0 Å². The molecule has 25 heavy (non-hydrogen) atoms. The predicted molar refractivity (Wildman–Crippen MR) is 99.5 cm³/mol. The Morgan fingerprint density at radius 1 is 1.08 bits per heavy atom. The summed E-state index contributed by atoms with van der Waals surface area (Å²) in [5.74, 6) is -0.0697. The van der Waals surface area contributed by atoms with Crippen LogP contribution in [0.25, 0.3) is 6.08 Å². The first-order valence-electron chi connectivity index (χ1n) is 8.16. The maximum atomic E-state index is 12.3. The molecule has 0 saturated heterocycles. The second-order valence-electron chi connectivity index (χ2n) is 5.83. The Morgan fingerprint density at radius 3 is 2.60 bits per heavy atom. The molecular weight excluding hydrogens is 336 g/mol. The Morgan fingerprint density at radius 2 is 1.80 bits per heavy atom. The largest absolute Gasteiger partial charge is 0.312 e. The van der Waals surface area contributed by atoms with Crippen LogP contribution in [0.15, 0.2) is 60.0 Å². The van der Waals surface area contributed by atoms with Gasteiger partial charge < -0.3 is 4.90 Å². The van der Waals surface area contributed by atoms with Crippen molar-refractivity contribution in [1.29, 1.82) is 0 Å². The number of fused-ring (bicyclic) bond motifs is 1. The molecule has 0 saturated carbocycles. The van der Waals surface area contributed by atoms with Gasteiger partial charge >= 0.3 is 0 Å². The molecular formula is C19H20N2O3S. The monoisotopic (exact) mass is 356 g/mol. The zero-order valence-electron chi connectivity index (χ0n) is 13.8. The molecule has 0 radical (unpaired) electrons. The van der Waals surface area contributed by atoms with E-state index in [-0.39, 0.29) is 18.9 Å². The number of benzene rings is 2. The Bertz CT molecular complexity index is 877. The summed E-state index contributed by atoms with van der Waals surface area (Å²) >= 11 is 0. The van der Waals surface area contributed by atoms with Crippen LogP contribution in [0.3, 0.4) is 0 Å². The van der Waals surface area contributed by atoms with Crippen LogP contribution >= 0.6 is 0 Å². The molecule has 3 rings (SSSR count). The van der Waals surface area contributed by atoms with E-state index in [1.54, 1.807) is 4.90 Å². The lowest BCUT2D eigenvalue weighted by Crippen LogP contribution is -2.33. The number of hydrogen-bond donors (Lipinski definition) is 1. The molecule has 0 spiro atoms. The van der Waals surface area contributed by atoms with Crippen molar-refractivity contribution in [2.24, 2.45) is 0 Å². The molecule has 1 heterocycles. The molecule has 130 valence electrons. The van der Waals surface area contributed by atoms with Crippen LogP contribution in [0.2, 0.25) is 0 Å². The van der Waals surface area contributed by atoms with Crippen molar-refractivity contribution in [3.05, 3.63) is 71.1 Å². The number of para-hydroxylation sites is 1. The number of carbonyl (C=O) groups excluding carboxylic acids is 1. The van der Waals surface area contributed by atoms with Gasteiger partial charge in [0.25, 0.3) is 0 Å². The van der Waals surface area contributed by atoms with E-state index in [0.717, 1.165) is 28.6 Å². The predicted octanol–water partition coefficient (Wildman–Crippen LogP) is 2.56. The molecule has 5 nitrogen and oxygen atoms in total. The van der Waals surface area contributed by atoms with Crippen LogP contribution in [0.5, 0.6) is 0 Å². The van der Waals surface area contributed by atoms with E-state index < -0.39 is 10.0 Å². The van der Waals surface area contributed by atoms with Gasteiger partial charge in [0.2, 0.25) is 15.9 Å². The van der Waals surface area contributed by atoms with Gasteiger partial charge in [-0.1, -0.05) is 48.5 Å². The molecule has 0 unspecified atom stereocenters. The highest BCUT2D eigenvalue weighted by atomic mass is 32.2. The first kappa shape index (κ1) is 17.4. The number of amides is 1. The maximum absolute atomic E-state index is 12.3. The summed E-state index contributed by atoms with van der Waals surface area (Å²) in [4.78, 5) is 14.1. The molecule has 1 amide bonds. The minimum absolute atomic E-state index is 0.0697. The summed E-state index contributed by atoms with van der Waals surface area (Å²) in [6.45, 7) is 0.734. The fourth-order valence-corrected chi connectivity index (χ4v) is 3.63. The molecule has 0 atom stereocenters. The molecule has 1 aliphatic heterocycles. The molecule has 2 aromatic carbocycles. The van der Waals surface area contributed by atoms with Crippen LogP contribution in [0.1, 0.15) is 17.5 Å². The average molecular weight is 356 g/mol. The number of hydrogen-bond acceptors (Lipinski definition) is 3. The van der Waals surface area contributed by atoms with E-state index in [2.05, 4.69) is 4.72 Å². The van der Waals surface area contributed by atoms with Gasteiger partial charge in [-0.25, -0.2) is 13.1 Å². The number of nitrogens with one attached hydrogen (secondary N) is 1. The quantitative estimate of drug-likeness (QED) is 0.865. The molecule has 2 aromatic rings. The van der Waals surface area contributed by atoms with Gasteiger partial charge in [-0.15, -0.1) is 0 Å². The SMILES string of the molecule is O=C(CCNS(=O)(=O)/C=C/c1ccccc1)N1CCc2ccccc21. The van der Waals surface area contributed by atoms with Crippen molar-refractivity contribution < 1.29 is 13.2 Å². The van der Waals surface area contributed by atoms with Gasteiger partial charge in [0.05, 0.1) is 0 Å². The Balaban J connectivity index is 1.52.